The van der Waals surface area contributed by atoms with Gasteiger partial charge in [0.2, 0.25) is 0 Å². The van der Waals surface area contributed by atoms with Crippen LogP contribution in [0.4, 0.5) is 17.1 Å². The second-order valence-electron chi connectivity index (χ2n) is 9.10. The third kappa shape index (κ3) is 4.34. The lowest BCUT2D eigenvalue weighted by atomic mass is 9.88. The van der Waals surface area contributed by atoms with Gasteiger partial charge in [0.1, 0.15) is 0 Å². The first kappa shape index (κ1) is 23.7. The second kappa shape index (κ2) is 9.52. The highest BCUT2D eigenvalue weighted by atomic mass is 16.6. The van der Waals surface area contributed by atoms with Crippen molar-refractivity contribution in [3.63, 3.8) is 0 Å². The summed E-state index contributed by atoms with van der Waals surface area (Å²) in [5.41, 5.74) is 0.223. The van der Waals surface area contributed by atoms with Gasteiger partial charge in [0.25, 0.3) is 11.6 Å². The van der Waals surface area contributed by atoms with Gasteiger partial charge in [-0.25, -0.2) is 0 Å². The summed E-state index contributed by atoms with van der Waals surface area (Å²) in [6, 6.07) is 22.3. The zero-order valence-corrected chi connectivity index (χ0v) is 19.6. The smallest absolute Gasteiger partial charge is 0.269 e. The Kier molecular flexibility index (Phi) is 6.26. The van der Waals surface area contributed by atoms with Gasteiger partial charge in [0, 0.05) is 55.1 Å². The molecule has 0 aromatic heterocycles. The van der Waals surface area contributed by atoms with Crippen molar-refractivity contribution in [1.82, 2.24) is 4.90 Å². The van der Waals surface area contributed by atoms with E-state index in [0.29, 0.717) is 17.9 Å². The molecule has 1 atom stereocenters. The quantitative estimate of drug-likeness (QED) is 0.311. The highest BCUT2D eigenvalue weighted by molar-refractivity contribution is 6.10. The normalized spacial score (nSPS) is 19.9. The van der Waals surface area contributed by atoms with Crippen LogP contribution in [0.2, 0.25) is 0 Å². The number of anilines is 2. The van der Waals surface area contributed by atoms with Crippen LogP contribution in [-0.4, -0.2) is 59.5 Å². The maximum Gasteiger partial charge on any atom is 0.269 e. The average Bonchev–Trinajstić information content (AvgIpc) is 3.11. The van der Waals surface area contributed by atoms with E-state index in [1.54, 1.807) is 29.2 Å². The molecule has 1 unspecified atom stereocenters. The Morgan fingerprint density at radius 2 is 1.56 bits per heavy atom. The van der Waals surface area contributed by atoms with Crippen LogP contribution in [0.3, 0.4) is 0 Å². The van der Waals surface area contributed by atoms with Crippen LogP contribution in [-0.2, 0) is 10.4 Å². The molecule has 9 heteroatoms. The molecule has 9 nitrogen and oxygen atoms in total. The van der Waals surface area contributed by atoms with Gasteiger partial charge in [-0.3, -0.25) is 29.5 Å². The number of fused-ring (bicyclic) bond motifs is 1. The number of hydrogen-bond acceptors (Lipinski definition) is 7. The first-order valence-corrected chi connectivity index (χ1v) is 11.8. The van der Waals surface area contributed by atoms with Gasteiger partial charge in [-0.2, -0.15) is 0 Å². The number of ketones is 1. The van der Waals surface area contributed by atoms with Crippen molar-refractivity contribution >= 4 is 28.8 Å². The fourth-order valence-electron chi connectivity index (χ4n) is 4.91. The Morgan fingerprint density at radius 3 is 2.22 bits per heavy atom. The van der Waals surface area contributed by atoms with Gasteiger partial charge in [0.15, 0.2) is 11.4 Å². The lowest BCUT2D eigenvalue weighted by Gasteiger charge is -2.38. The monoisotopic (exact) mass is 486 g/mol. The Labute approximate surface area is 208 Å². The van der Waals surface area contributed by atoms with Gasteiger partial charge < -0.3 is 10.0 Å². The van der Waals surface area contributed by atoms with Crippen LogP contribution in [0.15, 0.2) is 78.9 Å². The number of carbonyl (C=O) groups is 2. The van der Waals surface area contributed by atoms with Crippen molar-refractivity contribution in [3.8, 4) is 0 Å². The molecular weight excluding hydrogens is 460 g/mol. The molecule has 1 N–H and O–H groups in total. The summed E-state index contributed by atoms with van der Waals surface area (Å²) in [6.45, 7) is 3.45. The molecule has 2 aliphatic heterocycles. The number of nitro groups is 1. The number of Topliss-reactive ketones (excluding diaryl/α,β-unsaturated/α-hetero) is 1. The Balaban J connectivity index is 1.31. The highest BCUT2D eigenvalue weighted by Gasteiger charge is 2.51. The third-order valence-electron chi connectivity index (χ3n) is 6.89. The summed E-state index contributed by atoms with van der Waals surface area (Å²) in [4.78, 5) is 42.9. The molecule has 0 bridgehead atoms. The number of amides is 1. The molecule has 2 heterocycles. The Bertz CT molecular complexity index is 1290. The number of non-ortho nitro benzene ring substituents is 1. The van der Waals surface area contributed by atoms with Crippen molar-refractivity contribution in [2.45, 2.75) is 12.0 Å². The van der Waals surface area contributed by atoms with Crippen LogP contribution in [0.5, 0.6) is 0 Å². The van der Waals surface area contributed by atoms with Crippen LogP contribution in [0.1, 0.15) is 22.3 Å². The maximum atomic E-state index is 13.6. The molecule has 3 aromatic carbocycles. The fourth-order valence-corrected chi connectivity index (χ4v) is 4.91. The summed E-state index contributed by atoms with van der Waals surface area (Å²) in [6.07, 6.45) is -0.445. The minimum atomic E-state index is -2.00. The molecule has 184 valence electrons. The van der Waals surface area contributed by atoms with Gasteiger partial charge >= 0.3 is 0 Å². The topological polar surface area (TPSA) is 107 Å². The molecule has 36 heavy (non-hydrogen) atoms. The molecular formula is C27H26N4O5. The standard InChI is InChI=1S/C27H26N4O5/c32-25(20-10-12-22(13-11-20)31(35)36)18-27(34)23-8-4-5-9-24(23)30(26(27)33)19-28-14-16-29(17-15-28)21-6-2-1-3-7-21/h1-13,34H,14-19H2. The Morgan fingerprint density at radius 1 is 0.917 bits per heavy atom. The minimum Gasteiger partial charge on any atom is -0.375 e. The maximum absolute atomic E-state index is 13.6. The summed E-state index contributed by atoms with van der Waals surface area (Å²) < 4.78 is 0. The number of benzene rings is 3. The van der Waals surface area contributed by atoms with Crippen molar-refractivity contribution in [2.75, 3.05) is 42.6 Å². The van der Waals surface area contributed by atoms with E-state index in [1.165, 1.54) is 30.0 Å². The van der Waals surface area contributed by atoms with E-state index in [4.69, 9.17) is 0 Å². The molecule has 2 aliphatic rings. The van der Waals surface area contributed by atoms with Crippen molar-refractivity contribution in [2.24, 2.45) is 0 Å². The van der Waals surface area contributed by atoms with Crippen molar-refractivity contribution in [1.29, 1.82) is 0 Å². The largest absolute Gasteiger partial charge is 0.375 e. The van der Waals surface area contributed by atoms with Crippen molar-refractivity contribution in [3.05, 3.63) is 100 Å². The van der Waals surface area contributed by atoms with E-state index in [2.05, 4.69) is 21.9 Å². The number of hydrogen-bond donors (Lipinski definition) is 1. The van der Waals surface area contributed by atoms with Crippen LogP contribution >= 0.6 is 0 Å². The highest BCUT2D eigenvalue weighted by Crippen LogP contribution is 2.43. The number of rotatable bonds is 7. The van der Waals surface area contributed by atoms with E-state index < -0.39 is 28.6 Å². The number of piperazine rings is 1. The number of nitro benzene ring substituents is 1. The second-order valence-corrected chi connectivity index (χ2v) is 9.10. The Hall–Kier alpha value is -4.08. The first-order chi connectivity index (χ1) is 17.4. The van der Waals surface area contributed by atoms with E-state index in [-0.39, 0.29) is 11.3 Å². The molecule has 1 fully saturated rings. The van der Waals surface area contributed by atoms with Crippen molar-refractivity contribution < 1.29 is 19.6 Å². The summed E-state index contributed by atoms with van der Waals surface area (Å²) in [7, 11) is 0. The molecule has 0 spiro atoms. The number of nitrogens with zero attached hydrogens (tertiary/aromatic N) is 4. The van der Waals surface area contributed by atoms with Crippen LogP contribution < -0.4 is 9.80 Å². The predicted molar refractivity (Wildman–Crippen MR) is 135 cm³/mol. The predicted octanol–water partition coefficient (Wildman–Crippen LogP) is 3.18. The van der Waals surface area contributed by atoms with E-state index >= 15 is 0 Å². The molecule has 1 saturated heterocycles. The molecule has 1 amide bonds. The zero-order valence-electron chi connectivity index (χ0n) is 19.6. The van der Waals surface area contributed by atoms with Crippen LogP contribution in [0, 0.1) is 10.1 Å². The lowest BCUT2D eigenvalue weighted by Crippen LogP contribution is -2.52. The number of carbonyl (C=O) groups excluding carboxylic acids is 2. The average molecular weight is 487 g/mol. The van der Waals surface area contributed by atoms with E-state index in [1.807, 2.05) is 18.2 Å². The fraction of sp³-hybridized carbons (Fsp3) is 0.259. The molecule has 0 radical (unpaired) electrons. The molecule has 5 rings (SSSR count). The first-order valence-electron chi connectivity index (χ1n) is 11.8. The van der Waals surface area contributed by atoms with Gasteiger partial charge in [0.05, 0.1) is 23.7 Å². The summed E-state index contributed by atoms with van der Waals surface area (Å²) >= 11 is 0. The SMILES string of the molecule is O=C(CC1(O)C(=O)N(CN2CCN(c3ccccc3)CC2)c2ccccc21)c1ccc([N+](=O)[O-])cc1. The van der Waals surface area contributed by atoms with Gasteiger partial charge in [-0.15, -0.1) is 0 Å². The van der Waals surface area contributed by atoms with Gasteiger partial charge in [-0.1, -0.05) is 36.4 Å². The molecule has 0 aliphatic carbocycles. The van der Waals surface area contributed by atoms with Crippen LogP contribution in [0.25, 0.3) is 0 Å². The summed E-state index contributed by atoms with van der Waals surface area (Å²) in [5, 5.41) is 22.4. The van der Waals surface area contributed by atoms with E-state index in [9.17, 15) is 24.8 Å². The van der Waals surface area contributed by atoms with E-state index in [0.717, 1.165) is 26.2 Å². The van der Waals surface area contributed by atoms with Gasteiger partial charge in [-0.05, 0) is 30.3 Å². The zero-order chi connectivity index (χ0) is 25.3. The number of para-hydroxylation sites is 2. The number of aliphatic hydroxyl groups is 1. The third-order valence-corrected chi connectivity index (χ3v) is 6.89. The molecule has 3 aromatic rings. The lowest BCUT2D eigenvalue weighted by molar-refractivity contribution is -0.384. The molecule has 0 saturated carbocycles. The summed E-state index contributed by atoms with van der Waals surface area (Å²) in [5.74, 6) is -1.00. The minimum absolute atomic E-state index is 0.133.